The quantitative estimate of drug-likeness (QED) is 0.515. The minimum atomic E-state index is -0.246. The average Bonchev–Trinajstić information content (AvgIpc) is 2.83. The number of aryl methyl sites for hydroxylation is 1. The van der Waals surface area contributed by atoms with Gasteiger partial charge < -0.3 is 19.1 Å². The zero-order chi connectivity index (χ0) is 22.7. The first-order valence-corrected chi connectivity index (χ1v) is 10.9. The van der Waals surface area contributed by atoms with Gasteiger partial charge in [0.15, 0.2) is 18.1 Å². The van der Waals surface area contributed by atoms with Crippen LogP contribution in [0.5, 0.6) is 17.2 Å². The molecule has 3 aromatic carbocycles. The summed E-state index contributed by atoms with van der Waals surface area (Å²) < 4.78 is 16.9. The van der Waals surface area contributed by atoms with Crippen LogP contribution in [-0.4, -0.2) is 38.2 Å². The second-order valence-corrected chi connectivity index (χ2v) is 8.19. The number of hydrogen-bond acceptors (Lipinski definition) is 4. The van der Waals surface area contributed by atoms with E-state index in [1.807, 2.05) is 66.4 Å². The van der Waals surface area contributed by atoms with Crippen LogP contribution in [0.2, 0.25) is 5.02 Å². The topological polar surface area (TPSA) is 48.0 Å². The molecule has 0 saturated carbocycles. The Balaban J connectivity index is 1.67. The Morgan fingerprint density at radius 3 is 2.44 bits per heavy atom. The fraction of sp³-hybridized carbons (Fsp3) is 0.269. The van der Waals surface area contributed by atoms with Crippen LogP contribution in [0, 0.1) is 6.92 Å². The Bertz CT molecular complexity index is 1120. The maximum absolute atomic E-state index is 13.3. The van der Waals surface area contributed by atoms with Crippen molar-refractivity contribution in [2.24, 2.45) is 0 Å². The van der Waals surface area contributed by atoms with Crippen molar-refractivity contribution in [1.82, 2.24) is 4.90 Å². The summed E-state index contributed by atoms with van der Waals surface area (Å²) in [6.45, 7) is 2.45. The molecule has 5 nitrogen and oxygen atoms in total. The Labute approximate surface area is 193 Å². The van der Waals surface area contributed by atoms with Gasteiger partial charge in [-0.25, -0.2) is 0 Å². The number of ether oxygens (including phenoxy) is 3. The molecule has 0 fully saturated rings. The average molecular weight is 452 g/mol. The molecule has 0 radical (unpaired) electrons. The molecule has 3 aromatic rings. The van der Waals surface area contributed by atoms with E-state index in [1.165, 1.54) is 0 Å². The molecular formula is C26H26ClNO4. The van der Waals surface area contributed by atoms with E-state index in [9.17, 15) is 4.79 Å². The summed E-state index contributed by atoms with van der Waals surface area (Å²) in [7, 11) is 3.25. The van der Waals surface area contributed by atoms with Gasteiger partial charge in [-0.15, -0.1) is 0 Å². The van der Waals surface area contributed by atoms with Crippen LogP contribution in [0.25, 0.3) is 0 Å². The molecule has 1 atom stereocenters. The molecule has 166 valence electrons. The number of rotatable bonds is 6. The molecule has 1 heterocycles. The molecule has 1 aliphatic rings. The van der Waals surface area contributed by atoms with E-state index >= 15 is 0 Å². The molecule has 1 amide bonds. The van der Waals surface area contributed by atoms with Crippen molar-refractivity contribution in [3.63, 3.8) is 0 Å². The number of hydrogen-bond donors (Lipinski definition) is 0. The van der Waals surface area contributed by atoms with Gasteiger partial charge in [0, 0.05) is 6.54 Å². The van der Waals surface area contributed by atoms with Crippen LogP contribution in [0.3, 0.4) is 0 Å². The molecule has 0 aliphatic carbocycles. The summed E-state index contributed by atoms with van der Waals surface area (Å²) in [5, 5.41) is 0.490. The van der Waals surface area contributed by atoms with Crippen LogP contribution in [-0.2, 0) is 11.2 Å². The van der Waals surface area contributed by atoms with Gasteiger partial charge in [-0.05, 0) is 59.9 Å². The summed E-state index contributed by atoms with van der Waals surface area (Å²) >= 11 is 6.24. The first-order valence-electron chi connectivity index (χ1n) is 10.5. The number of nitrogens with zero attached hydrogens (tertiary/aromatic N) is 1. The smallest absolute Gasteiger partial charge is 0.261 e. The Morgan fingerprint density at radius 2 is 1.72 bits per heavy atom. The molecule has 32 heavy (non-hydrogen) atoms. The van der Waals surface area contributed by atoms with E-state index < -0.39 is 0 Å². The SMILES string of the molecule is COc1cc2c(cc1OC)[C@H](c1ccccc1)N(C(=O)COc1cc(C)ccc1Cl)CC2. The molecule has 1 aliphatic heterocycles. The lowest BCUT2D eigenvalue weighted by Crippen LogP contribution is -2.43. The lowest BCUT2D eigenvalue weighted by Gasteiger charge is -2.38. The monoisotopic (exact) mass is 451 g/mol. The van der Waals surface area contributed by atoms with E-state index in [0.29, 0.717) is 28.8 Å². The van der Waals surface area contributed by atoms with E-state index in [4.69, 9.17) is 25.8 Å². The number of methoxy groups -OCH3 is 2. The van der Waals surface area contributed by atoms with Gasteiger partial charge in [-0.1, -0.05) is 48.0 Å². The third-order valence-corrected chi connectivity index (χ3v) is 6.06. The first kappa shape index (κ1) is 22.0. The van der Waals surface area contributed by atoms with E-state index in [2.05, 4.69) is 0 Å². The van der Waals surface area contributed by atoms with Gasteiger partial charge in [-0.2, -0.15) is 0 Å². The third-order valence-electron chi connectivity index (χ3n) is 5.75. The van der Waals surface area contributed by atoms with Gasteiger partial charge in [-0.3, -0.25) is 4.79 Å². The summed E-state index contributed by atoms with van der Waals surface area (Å²) in [5.41, 5.74) is 4.22. The number of carbonyl (C=O) groups is 1. The second-order valence-electron chi connectivity index (χ2n) is 7.78. The Kier molecular flexibility index (Phi) is 6.56. The molecular weight excluding hydrogens is 426 g/mol. The van der Waals surface area contributed by atoms with Gasteiger partial charge in [0.05, 0.1) is 25.3 Å². The standard InChI is InChI=1S/C26H26ClNO4/c1-17-9-10-21(27)22(13-17)32-16-25(29)28-12-11-19-14-23(30-2)24(31-3)15-20(19)26(28)18-7-5-4-6-8-18/h4-10,13-15,26H,11-12,16H2,1-3H3/t26-/m0/s1. The highest BCUT2D eigenvalue weighted by molar-refractivity contribution is 6.32. The van der Waals surface area contributed by atoms with Crippen LogP contribution >= 0.6 is 11.6 Å². The summed E-state index contributed by atoms with van der Waals surface area (Å²) in [6.07, 6.45) is 0.718. The van der Waals surface area contributed by atoms with Crippen LogP contribution in [0.1, 0.15) is 28.3 Å². The molecule has 6 heteroatoms. The van der Waals surface area contributed by atoms with E-state index in [1.54, 1.807) is 20.3 Å². The van der Waals surface area contributed by atoms with Crippen molar-refractivity contribution in [3.8, 4) is 17.2 Å². The van der Waals surface area contributed by atoms with Crippen LogP contribution in [0.15, 0.2) is 60.7 Å². The second kappa shape index (κ2) is 9.53. The van der Waals surface area contributed by atoms with Gasteiger partial charge in [0.25, 0.3) is 5.91 Å². The predicted molar refractivity (Wildman–Crippen MR) is 125 cm³/mol. The molecule has 0 bridgehead atoms. The number of carbonyl (C=O) groups excluding carboxylic acids is 1. The molecule has 0 aromatic heterocycles. The fourth-order valence-corrected chi connectivity index (χ4v) is 4.32. The highest BCUT2D eigenvalue weighted by Crippen LogP contribution is 2.41. The van der Waals surface area contributed by atoms with E-state index in [0.717, 1.165) is 28.7 Å². The van der Waals surface area contributed by atoms with Crippen molar-refractivity contribution in [3.05, 3.63) is 87.9 Å². The summed E-state index contributed by atoms with van der Waals surface area (Å²) in [6, 6.07) is 19.3. The van der Waals surface area contributed by atoms with Crippen molar-refractivity contribution in [2.75, 3.05) is 27.4 Å². The summed E-state index contributed by atoms with van der Waals surface area (Å²) in [4.78, 5) is 15.2. The highest BCUT2D eigenvalue weighted by atomic mass is 35.5. The first-order chi connectivity index (χ1) is 15.5. The van der Waals surface area contributed by atoms with Crippen molar-refractivity contribution in [2.45, 2.75) is 19.4 Å². The maximum Gasteiger partial charge on any atom is 0.261 e. The van der Waals surface area contributed by atoms with Crippen LogP contribution in [0.4, 0.5) is 0 Å². The van der Waals surface area contributed by atoms with E-state index in [-0.39, 0.29) is 18.6 Å². The van der Waals surface area contributed by atoms with Gasteiger partial charge in [0.1, 0.15) is 5.75 Å². The molecule has 0 spiro atoms. The normalized spacial score (nSPS) is 15.1. The van der Waals surface area contributed by atoms with Crippen molar-refractivity contribution < 1.29 is 19.0 Å². The zero-order valence-corrected chi connectivity index (χ0v) is 19.2. The van der Waals surface area contributed by atoms with Crippen molar-refractivity contribution in [1.29, 1.82) is 0 Å². The Hall–Kier alpha value is -3.18. The number of fused-ring (bicyclic) bond motifs is 1. The number of halogens is 1. The maximum atomic E-state index is 13.3. The minimum Gasteiger partial charge on any atom is -0.493 e. The predicted octanol–water partition coefficient (Wildman–Crippen LogP) is 5.22. The lowest BCUT2D eigenvalue weighted by atomic mass is 9.87. The molecule has 0 unspecified atom stereocenters. The van der Waals surface area contributed by atoms with Crippen molar-refractivity contribution >= 4 is 17.5 Å². The number of amides is 1. The summed E-state index contributed by atoms with van der Waals surface area (Å²) in [5.74, 6) is 1.75. The number of benzene rings is 3. The largest absolute Gasteiger partial charge is 0.493 e. The van der Waals surface area contributed by atoms with Gasteiger partial charge >= 0.3 is 0 Å². The molecule has 4 rings (SSSR count). The van der Waals surface area contributed by atoms with Crippen LogP contribution < -0.4 is 14.2 Å². The molecule has 0 saturated heterocycles. The highest BCUT2D eigenvalue weighted by Gasteiger charge is 2.33. The fourth-order valence-electron chi connectivity index (χ4n) is 4.15. The third kappa shape index (κ3) is 4.39. The lowest BCUT2D eigenvalue weighted by molar-refractivity contribution is -0.135. The molecule has 0 N–H and O–H groups in total. The minimum absolute atomic E-state index is 0.0882. The van der Waals surface area contributed by atoms with Gasteiger partial charge in [0.2, 0.25) is 0 Å². The zero-order valence-electron chi connectivity index (χ0n) is 18.4. The Morgan fingerprint density at radius 1 is 1.00 bits per heavy atom.